The monoisotopic (exact) mass is 261 g/mol. The minimum absolute atomic E-state index is 0.409. The largest absolute Gasteiger partial charge is 0.331 e. The fourth-order valence-electron chi connectivity index (χ4n) is 1.95. The first-order valence-corrected chi connectivity index (χ1v) is 6.94. The van der Waals surface area contributed by atoms with Crippen molar-refractivity contribution in [1.29, 1.82) is 0 Å². The maximum atomic E-state index is 4.55. The van der Waals surface area contributed by atoms with Crippen LogP contribution in [0, 0.1) is 0 Å². The van der Waals surface area contributed by atoms with Crippen LogP contribution < -0.4 is 5.32 Å². The second-order valence-corrected chi connectivity index (χ2v) is 5.02. The van der Waals surface area contributed by atoms with Crippen molar-refractivity contribution in [2.75, 3.05) is 13.1 Å². The maximum Gasteiger partial charge on any atom is 0.0953 e. The van der Waals surface area contributed by atoms with Crippen molar-refractivity contribution in [2.24, 2.45) is 0 Å². The lowest BCUT2D eigenvalue weighted by molar-refractivity contribution is 0.523. The average molecular weight is 261 g/mol. The summed E-state index contributed by atoms with van der Waals surface area (Å²) < 4.78 is 4.08. The molecule has 104 valence electrons. The molecule has 0 atom stereocenters. The lowest BCUT2D eigenvalue weighted by atomic mass is 10.3. The number of aromatic nitrogens is 4. The first-order chi connectivity index (χ1) is 9.19. The van der Waals surface area contributed by atoms with Gasteiger partial charge in [0.15, 0.2) is 0 Å². The van der Waals surface area contributed by atoms with Gasteiger partial charge >= 0.3 is 0 Å². The fourth-order valence-corrected chi connectivity index (χ4v) is 1.95. The van der Waals surface area contributed by atoms with Crippen LogP contribution in [0.5, 0.6) is 0 Å². The van der Waals surface area contributed by atoms with Crippen molar-refractivity contribution in [2.45, 2.75) is 39.8 Å². The second-order valence-electron chi connectivity index (χ2n) is 5.02. The van der Waals surface area contributed by atoms with Crippen molar-refractivity contribution in [3.8, 4) is 0 Å². The minimum atomic E-state index is 0.409. The van der Waals surface area contributed by atoms with Crippen LogP contribution in [-0.4, -0.2) is 32.4 Å². The van der Waals surface area contributed by atoms with Crippen molar-refractivity contribution >= 4 is 0 Å². The third kappa shape index (κ3) is 3.92. The van der Waals surface area contributed by atoms with E-state index in [1.54, 1.807) is 0 Å². The zero-order valence-corrected chi connectivity index (χ0v) is 12.0. The van der Waals surface area contributed by atoms with Gasteiger partial charge in [-0.05, 0) is 26.5 Å². The highest BCUT2D eigenvalue weighted by molar-refractivity contribution is 5.04. The van der Waals surface area contributed by atoms with E-state index in [1.807, 2.05) is 17.2 Å². The second kappa shape index (κ2) is 6.52. The highest BCUT2D eigenvalue weighted by atomic mass is 15.3. The van der Waals surface area contributed by atoms with E-state index in [9.17, 15) is 0 Å². The summed E-state index contributed by atoms with van der Waals surface area (Å²) in [4.78, 5) is 4.41. The number of hydrogen-bond acceptors (Lipinski definition) is 3. The molecular weight excluding hydrogens is 238 g/mol. The summed E-state index contributed by atoms with van der Waals surface area (Å²) in [5, 5.41) is 7.85. The van der Waals surface area contributed by atoms with Crippen molar-refractivity contribution in [1.82, 2.24) is 24.6 Å². The standard InChI is InChI=1S/C14H23N5/c1-4-15-7-5-13-9-18(11-16-13)10-14-6-8-19(17-14)12(2)3/h6,8-9,11-12,15H,4-5,7,10H2,1-3H3. The Bertz CT molecular complexity index is 497. The van der Waals surface area contributed by atoms with Crippen LogP contribution in [0.2, 0.25) is 0 Å². The number of nitrogens with zero attached hydrogens (tertiary/aromatic N) is 4. The molecule has 0 aliphatic heterocycles. The van der Waals surface area contributed by atoms with Crippen LogP contribution in [0.15, 0.2) is 24.8 Å². The summed E-state index contributed by atoms with van der Waals surface area (Å²) in [7, 11) is 0. The molecule has 0 radical (unpaired) electrons. The van der Waals surface area contributed by atoms with E-state index >= 15 is 0 Å². The Morgan fingerprint density at radius 3 is 2.84 bits per heavy atom. The van der Waals surface area contributed by atoms with E-state index in [0.29, 0.717) is 6.04 Å². The summed E-state index contributed by atoms with van der Waals surface area (Å²) in [5.41, 5.74) is 2.20. The van der Waals surface area contributed by atoms with Gasteiger partial charge in [0.05, 0.1) is 24.3 Å². The van der Waals surface area contributed by atoms with Crippen LogP contribution in [0.1, 0.15) is 38.2 Å². The molecule has 2 rings (SSSR count). The summed E-state index contributed by atoms with van der Waals surface area (Å²) in [5.74, 6) is 0. The van der Waals surface area contributed by atoms with Crippen molar-refractivity contribution in [3.63, 3.8) is 0 Å². The van der Waals surface area contributed by atoms with Gasteiger partial charge in [0, 0.05) is 31.4 Å². The Kier molecular flexibility index (Phi) is 4.74. The minimum Gasteiger partial charge on any atom is -0.331 e. The lowest BCUT2D eigenvalue weighted by Gasteiger charge is -2.04. The number of nitrogens with one attached hydrogen (secondary N) is 1. The van der Waals surface area contributed by atoms with E-state index in [2.05, 4.69) is 53.0 Å². The van der Waals surface area contributed by atoms with Gasteiger partial charge in [-0.1, -0.05) is 6.92 Å². The van der Waals surface area contributed by atoms with Crippen molar-refractivity contribution < 1.29 is 0 Å². The third-order valence-corrected chi connectivity index (χ3v) is 3.03. The first kappa shape index (κ1) is 13.8. The zero-order valence-electron chi connectivity index (χ0n) is 12.0. The quantitative estimate of drug-likeness (QED) is 0.774. The Hall–Kier alpha value is -1.62. The molecule has 2 aromatic rings. The van der Waals surface area contributed by atoms with Gasteiger partial charge in [0.1, 0.15) is 0 Å². The van der Waals surface area contributed by atoms with E-state index in [4.69, 9.17) is 0 Å². The Morgan fingerprint density at radius 1 is 1.32 bits per heavy atom. The predicted molar refractivity (Wildman–Crippen MR) is 76.2 cm³/mol. The van der Waals surface area contributed by atoms with E-state index in [1.165, 1.54) is 0 Å². The Balaban J connectivity index is 1.91. The highest BCUT2D eigenvalue weighted by Crippen LogP contribution is 2.06. The van der Waals surface area contributed by atoms with Crippen LogP contribution in [0.3, 0.4) is 0 Å². The predicted octanol–water partition coefficient (Wildman–Crippen LogP) is 1.86. The van der Waals surface area contributed by atoms with Crippen LogP contribution in [0.4, 0.5) is 0 Å². The van der Waals surface area contributed by atoms with Crippen molar-refractivity contribution in [3.05, 3.63) is 36.2 Å². The van der Waals surface area contributed by atoms with Gasteiger partial charge in [0.25, 0.3) is 0 Å². The summed E-state index contributed by atoms with van der Waals surface area (Å²) in [6.45, 7) is 9.15. The van der Waals surface area contributed by atoms with Crippen LogP contribution in [-0.2, 0) is 13.0 Å². The van der Waals surface area contributed by atoms with Crippen LogP contribution in [0.25, 0.3) is 0 Å². The number of hydrogen-bond donors (Lipinski definition) is 1. The van der Waals surface area contributed by atoms with E-state index in [-0.39, 0.29) is 0 Å². The van der Waals surface area contributed by atoms with Gasteiger partial charge in [-0.25, -0.2) is 4.98 Å². The normalized spacial score (nSPS) is 11.4. The number of likely N-dealkylation sites (N-methyl/N-ethyl adjacent to an activating group) is 1. The SMILES string of the molecule is CCNCCc1cn(Cc2ccn(C(C)C)n2)cn1. The molecule has 0 aliphatic rings. The molecule has 5 nitrogen and oxygen atoms in total. The van der Waals surface area contributed by atoms with Gasteiger partial charge in [-0.15, -0.1) is 0 Å². The summed E-state index contributed by atoms with van der Waals surface area (Å²) in [6.07, 6.45) is 6.99. The molecule has 0 spiro atoms. The highest BCUT2D eigenvalue weighted by Gasteiger charge is 2.04. The zero-order chi connectivity index (χ0) is 13.7. The van der Waals surface area contributed by atoms with Crippen LogP contribution >= 0.6 is 0 Å². The lowest BCUT2D eigenvalue weighted by Crippen LogP contribution is -2.16. The molecule has 5 heteroatoms. The maximum absolute atomic E-state index is 4.55. The number of imidazole rings is 1. The first-order valence-electron chi connectivity index (χ1n) is 6.94. The molecule has 0 fully saturated rings. The summed E-state index contributed by atoms with van der Waals surface area (Å²) >= 11 is 0. The molecule has 0 saturated heterocycles. The van der Waals surface area contributed by atoms with Gasteiger partial charge in [0.2, 0.25) is 0 Å². The third-order valence-electron chi connectivity index (χ3n) is 3.03. The molecule has 0 aliphatic carbocycles. The van der Waals surface area contributed by atoms with Gasteiger partial charge in [-0.3, -0.25) is 4.68 Å². The molecule has 0 aromatic carbocycles. The number of rotatable bonds is 7. The van der Waals surface area contributed by atoms with Gasteiger partial charge in [-0.2, -0.15) is 5.10 Å². The fraction of sp³-hybridized carbons (Fsp3) is 0.571. The van der Waals surface area contributed by atoms with Gasteiger partial charge < -0.3 is 9.88 Å². The molecule has 2 aromatic heterocycles. The topological polar surface area (TPSA) is 47.7 Å². The molecule has 0 unspecified atom stereocenters. The molecular formula is C14H23N5. The van der Waals surface area contributed by atoms with E-state index in [0.717, 1.165) is 37.4 Å². The molecule has 0 bridgehead atoms. The molecule has 19 heavy (non-hydrogen) atoms. The smallest absolute Gasteiger partial charge is 0.0953 e. The Labute approximate surface area is 114 Å². The summed E-state index contributed by atoms with van der Waals surface area (Å²) in [6, 6.07) is 2.48. The Morgan fingerprint density at radius 2 is 2.16 bits per heavy atom. The molecule has 0 saturated carbocycles. The van der Waals surface area contributed by atoms with E-state index < -0.39 is 0 Å². The molecule has 1 N–H and O–H groups in total. The molecule has 2 heterocycles. The molecule has 0 amide bonds. The average Bonchev–Trinajstić information content (AvgIpc) is 3.00.